The van der Waals surface area contributed by atoms with E-state index in [0.717, 1.165) is 25.8 Å². The van der Waals surface area contributed by atoms with E-state index in [0.29, 0.717) is 5.92 Å². The zero-order chi connectivity index (χ0) is 13.6. The van der Waals surface area contributed by atoms with Crippen LogP contribution in [0, 0.1) is 16.0 Å². The predicted octanol–water partition coefficient (Wildman–Crippen LogP) is 1.68. The molecular formula is C12H13N3O4. The van der Waals surface area contributed by atoms with Crippen LogP contribution in [0.2, 0.25) is 0 Å². The van der Waals surface area contributed by atoms with Crippen molar-refractivity contribution in [1.29, 1.82) is 0 Å². The lowest BCUT2D eigenvalue weighted by Gasteiger charge is -2.27. The maximum atomic E-state index is 11.1. The minimum Gasteiger partial charge on any atom is -0.477 e. The summed E-state index contributed by atoms with van der Waals surface area (Å²) < 4.78 is 0. The summed E-state index contributed by atoms with van der Waals surface area (Å²) in [5.41, 5.74) is -0.263. The van der Waals surface area contributed by atoms with Crippen LogP contribution in [-0.2, 0) is 0 Å². The van der Waals surface area contributed by atoms with Crippen LogP contribution in [0.15, 0.2) is 12.1 Å². The van der Waals surface area contributed by atoms with Crippen molar-refractivity contribution in [2.75, 3.05) is 11.4 Å². The van der Waals surface area contributed by atoms with Crippen molar-refractivity contribution >= 4 is 17.5 Å². The minimum atomic E-state index is -1.17. The first-order valence-corrected chi connectivity index (χ1v) is 6.21. The Morgan fingerprint density at radius 3 is 2.79 bits per heavy atom. The summed E-state index contributed by atoms with van der Waals surface area (Å²) in [4.78, 5) is 27.4. The highest BCUT2D eigenvalue weighted by molar-refractivity contribution is 5.86. The molecule has 2 atom stereocenters. The summed E-state index contributed by atoms with van der Waals surface area (Å²) in [6.07, 6.45) is 3.17. The molecule has 19 heavy (non-hydrogen) atoms. The zero-order valence-corrected chi connectivity index (χ0v) is 10.2. The number of nitrogens with zero attached hydrogens (tertiary/aromatic N) is 3. The molecule has 7 nitrogen and oxygen atoms in total. The van der Waals surface area contributed by atoms with Gasteiger partial charge in [-0.25, -0.2) is 9.78 Å². The van der Waals surface area contributed by atoms with Crippen molar-refractivity contribution < 1.29 is 14.8 Å². The van der Waals surface area contributed by atoms with Gasteiger partial charge in [-0.05, 0) is 31.2 Å². The number of carboxylic acid groups (broad SMARTS) is 1. The molecule has 7 heteroatoms. The third-order valence-corrected chi connectivity index (χ3v) is 3.95. The Kier molecular flexibility index (Phi) is 2.62. The Bertz CT molecular complexity index is 560. The summed E-state index contributed by atoms with van der Waals surface area (Å²) in [6.45, 7) is 0.738. The third kappa shape index (κ3) is 1.91. The average molecular weight is 263 g/mol. The number of fused-ring (bicyclic) bond motifs is 2. The van der Waals surface area contributed by atoms with Gasteiger partial charge in [-0.15, -0.1) is 0 Å². The molecule has 1 aliphatic carbocycles. The Morgan fingerprint density at radius 2 is 2.26 bits per heavy atom. The van der Waals surface area contributed by atoms with Crippen molar-refractivity contribution in [2.24, 2.45) is 5.92 Å². The van der Waals surface area contributed by atoms with E-state index >= 15 is 0 Å². The Morgan fingerprint density at radius 1 is 1.47 bits per heavy atom. The lowest BCUT2D eigenvalue weighted by Crippen LogP contribution is -2.33. The number of pyridine rings is 1. The standard InChI is InChI=1S/C12H13N3O4/c16-12(17)9-3-4-10(15(18)19)11(13-9)14-6-7-1-2-8(14)5-7/h3-4,7-8H,1-2,5-6H2,(H,16,17). The van der Waals surface area contributed by atoms with Gasteiger partial charge in [0.1, 0.15) is 0 Å². The molecule has 2 heterocycles. The first-order valence-electron chi connectivity index (χ1n) is 6.21. The Balaban J connectivity index is 2.04. The molecule has 1 aromatic rings. The number of aromatic carboxylic acids is 1. The largest absolute Gasteiger partial charge is 0.477 e. The average Bonchev–Trinajstić information content (AvgIpc) is 3.00. The van der Waals surface area contributed by atoms with Gasteiger partial charge < -0.3 is 10.0 Å². The number of nitro groups is 1. The van der Waals surface area contributed by atoms with Crippen LogP contribution in [0.4, 0.5) is 11.5 Å². The summed E-state index contributed by atoms with van der Waals surface area (Å²) in [5.74, 6) is -0.405. The zero-order valence-electron chi connectivity index (χ0n) is 10.2. The topological polar surface area (TPSA) is 96.6 Å². The van der Waals surface area contributed by atoms with Gasteiger partial charge in [0.25, 0.3) is 0 Å². The Labute approximate surface area is 109 Å². The van der Waals surface area contributed by atoms with Gasteiger partial charge in [-0.2, -0.15) is 0 Å². The molecule has 2 fully saturated rings. The quantitative estimate of drug-likeness (QED) is 0.658. The first kappa shape index (κ1) is 11.9. The van der Waals surface area contributed by atoms with Crippen LogP contribution in [0.25, 0.3) is 0 Å². The van der Waals surface area contributed by atoms with E-state index in [1.807, 2.05) is 4.90 Å². The molecule has 1 aliphatic heterocycles. The molecule has 0 aromatic carbocycles. The van der Waals surface area contributed by atoms with Gasteiger partial charge in [0.2, 0.25) is 5.82 Å². The van der Waals surface area contributed by atoms with E-state index in [1.54, 1.807) is 0 Å². The number of hydrogen-bond donors (Lipinski definition) is 1. The molecule has 1 saturated heterocycles. The molecule has 3 rings (SSSR count). The summed E-state index contributed by atoms with van der Waals surface area (Å²) in [5, 5.41) is 20.0. The van der Waals surface area contributed by atoms with Gasteiger partial charge in [-0.1, -0.05) is 0 Å². The van der Waals surface area contributed by atoms with E-state index in [1.165, 1.54) is 12.1 Å². The minimum absolute atomic E-state index is 0.113. The molecule has 2 unspecified atom stereocenters. The molecule has 0 amide bonds. The molecule has 0 spiro atoms. The number of piperidine rings is 1. The summed E-state index contributed by atoms with van der Waals surface area (Å²) in [6, 6.07) is 2.68. The number of carboxylic acids is 1. The fraction of sp³-hybridized carbons (Fsp3) is 0.500. The number of hydrogen-bond acceptors (Lipinski definition) is 5. The second-order valence-electron chi connectivity index (χ2n) is 5.09. The van der Waals surface area contributed by atoms with Crippen LogP contribution in [0.3, 0.4) is 0 Å². The van der Waals surface area contributed by atoms with Crippen molar-refractivity contribution in [3.63, 3.8) is 0 Å². The SMILES string of the molecule is O=C(O)c1ccc([N+](=O)[O-])c(N2CC3CCC2C3)n1. The first-order chi connectivity index (χ1) is 9.06. The number of anilines is 1. The van der Waals surface area contributed by atoms with Crippen LogP contribution in [-0.4, -0.2) is 33.6 Å². The molecule has 1 aromatic heterocycles. The van der Waals surface area contributed by atoms with E-state index in [-0.39, 0.29) is 23.2 Å². The van der Waals surface area contributed by atoms with Crippen LogP contribution < -0.4 is 4.90 Å². The highest BCUT2D eigenvalue weighted by Gasteiger charge is 2.41. The molecular weight excluding hydrogens is 250 g/mol. The summed E-state index contributed by atoms with van der Waals surface area (Å²) in [7, 11) is 0. The van der Waals surface area contributed by atoms with Crippen LogP contribution in [0.5, 0.6) is 0 Å². The van der Waals surface area contributed by atoms with Crippen LogP contribution in [0.1, 0.15) is 29.8 Å². The maximum Gasteiger partial charge on any atom is 0.354 e. The third-order valence-electron chi connectivity index (χ3n) is 3.95. The van der Waals surface area contributed by atoms with E-state index < -0.39 is 10.9 Å². The number of rotatable bonds is 3. The van der Waals surface area contributed by atoms with E-state index in [2.05, 4.69) is 4.98 Å². The van der Waals surface area contributed by atoms with Gasteiger partial charge in [0, 0.05) is 18.7 Å². The smallest absolute Gasteiger partial charge is 0.354 e. The maximum absolute atomic E-state index is 11.1. The molecule has 2 aliphatic rings. The highest BCUT2D eigenvalue weighted by atomic mass is 16.6. The van der Waals surface area contributed by atoms with Crippen LogP contribution >= 0.6 is 0 Å². The molecule has 1 N–H and O–H groups in total. The number of carbonyl (C=O) groups is 1. The lowest BCUT2D eigenvalue weighted by molar-refractivity contribution is -0.384. The highest BCUT2D eigenvalue weighted by Crippen LogP contribution is 2.42. The molecule has 2 bridgehead atoms. The molecule has 100 valence electrons. The van der Waals surface area contributed by atoms with Crippen molar-refractivity contribution in [1.82, 2.24) is 4.98 Å². The van der Waals surface area contributed by atoms with Gasteiger partial charge in [-0.3, -0.25) is 10.1 Å². The van der Waals surface area contributed by atoms with E-state index in [9.17, 15) is 14.9 Å². The lowest BCUT2D eigenvalue weighted by atomic mass is 10.1. The molecule has 0 radical (unpaired) electrons. The second-order valence-corrected chi connectivity index (χ2v) is 5.09. The summed E-state index contributed by atoms with van der Waals surface area (Å²) >= 11 is 0. The number of aromatic nitrogens is 1. The van der Waals surface area contributed by atoms with Gasteiger partial charge >= 0.3 is 11.7 Å². The Hall–Kier alpha value is -2.18. The fourth-order valence-corrected chi connectivity index (χ4v) is 3.10. The second kappa shape index (κ2) is 4.18. The monoisotopic (exact) mass is 263 g/mol. The fourth-order valence-electron chi connectivity index (χ4n) is 3.10. The van der Waals surface area contributed by atoms with Gasteiger partial charge in [0.15, 0.2) is 5.69 Å². The molecule has 1 saturated carbocycles. The predicted molar refractivity (Wildman–Crippen MR) is 66.3 cm³/mol. The van der Waals surface area contributed by atoms with Crippen molar-refractivity contribution in [3.8, 4) is 0 Å². The normalized spacial score (nSPS) is 24.7. The van der Waals surface area contributed by atoms with Gasteiger partial charge in [0.05, 0.1) is 4.92 Å². The van der Waals surface area contributed by atoms with Crippen molar-refractivity contribution in [2.45, 2.75) is 25.3 Å². The van der Waals surface area contributed by atoms with E-state index in [4.69, 9.17) is 5.11 Å². The van der Waals surface area contributed by atoms with Crippen molar-refractivity contribution in [3.05, 3.63) is 27.9 Å².